The molecule has 2 aromatic carbocycles. The third-order valence-electron chi connectivity index (χ3n) is 5.96. The van der Waals surface area contributed by atoms with E-state index in [0.717, 1.165) is 6.42 Å². The van der Waals surface area contributed by atoms with Gasteiger partial charge in [-0.1, -0.05) is 42.5 Å². The Bertz CT molecular complexity index is 864. The summed E-state index contributed by atoms with van der Waals surface area (Å²) in [6, 6.07) is 14.4. The van der Waals surface area contributed by atoms with Crippen LogP contribution in [-0.2, 0) is 0 Å². The lowest BCUT2D eigenvalue weighted by atomic mass is 9.76. The van der Waals surface area contributed by atoms with Crippen LogP contribution in [0, 0.1) is 5.92 Å². The summed E-state index contributed by atoms with van der Waals surface area (Å²) in [5, 5.41) is 13.0. The summed E-state index contributed by atoms with van der Waals surface area (Å²) in [5.74, 6) is 0.793. The highest BCUT2D eigenvalue weighted by molar-refractivity contribution is 5.87. The smallest absolute Gasteiger partial charge is 0.335 e. The molecule has 5 rings (SSSR count). The van der Waals surface area contributed by atoms with Crippen molar-refractivity contribution in [2.75, 3.05) is 5.32 Å². The highest BCUT2D eigenvalue weighted by Gasteiger charge is 2.40. The van der Waals surface area contributed by atoms with Crippen molar-refractivity contribution in [3.8, 4) is 0 Å². The van der Waals surface area contributed by atoms with Crippen molar-refractivity contribution in [2.24, 2.45) is 5.92 Å². The number of aromatic carboxylic acids is 1. The quantitative estimate of drug-likeness (QED) is 0.770. The molecule has 25 heavy (non-hydrogen) atoms. The number of para-hydroxylation sites is 1. The summed E-state index contributed by atoms with van der Waals surface area (Å²) in [4.78, 5) is 11.1. The molecule has 0 radical (unpaired) electrons. The average molecular weight is 331 g/mol. The van der Waals surface area contributed by atoms with Crippen LogP contribution in [0.4, 0.5) is 5.69 Å². The van der Waals surface area contributed by atoms with Crippen molar-refractivity contribution in [2.45, 2.75) is 37.1 Å². The largest absolute Gasteiger partial charge is 0.478 e. The van der Waals surface area contributed by atoms with Gasteiger partial charge in [0.25, 0.3) is 0 Å². The first-order valence-electron chi connectivity index (χ1n) is 9.11. The highest BCUT2D eigenvalue weighted by Crippen LogP contribution is 2.54. The van der Waals surface area contributed by atoms with Gasteiger partial charge in [0.1, 0.15) is 0 Å². The number of allylic oxidation sites excluding steroid dienone is 2. The maximum absolute atomic E-state index is 11.1. The van der Waals surface area contributed by atoms with Crippen LogP contribution in [0.5, 0.6) is 0 Å². The van der Waals surface area contributed by atoms with Gasteiger partial charge in [-0.05, 0) is 59.9 Å². The Morgan fingerprint density at radius 2 is 1.80 bits per heavy atom. The maximum Gasteiger partial charge on any atom is 0.335 e. The van der Waals surface area contributed by atoms with E-state index in [-0.39, 0.29) is 6.04 Å². The van der Waals surface area contributed by atoms with Crippen molar-refractivity contribution < 1.29 is 9.90 Å². The number of anilines is 1. The molecule has 1 heterocycles. The zero-order chi connectivity index (χ0) is 17.0. The molecule has 0 saturated heterocycles. The minimum absolute atomic E-state index is 0.232. The lowest BCUT2D eigenvalue weighted by Gasteiger charge is -2.38. The molecule has 2 aromatic rings. The molecule has 1 aliphatic heterocycles. The van der Waals surface area contributed by atoms with Crippen LogP contribution in [0.15, 0.2) is 54.6 Å². The van der Waals surface area contributed by atoms with Crippen molar-refractivity contribution >= 4 is 11.7 Å². The number of carboxylic acid groups (broad SMARTS) is 1. The highest BCUT2D eigenvalue weighted by atomic mass is 16.4. The Morgan fingerprint density at radius 1 is 1.04 bits per heavy atom. The molecule has 3 atom stereocenters. The van der Waals surface area contributed by atoms with Gasteiger partial charge in [-0.15, -0.1) is 0 Å². The Labute approximate surface area is 147 Å². The van der Waals surface area contributed by atoms with Gasteiger partial charge in [0.05, 0.1) is 11.6 Å². The zero-order valence-corrected chi connectivity index (χ0v) is 14.0. The SMILES string of the molecule is O=C(O)c1ccc(C2Nc3c(C4CC4)cccc3C3C=CCC32)cc1. The zero-order valence-electron chi connectivity index (χ0n) is 14.0. The summed E-state index contributed by atoms with van der Waals surface area (Å²) in [5.41, 5.74) is 5.75. The van der Waals surface area contributed by atoms with E-state index in [1.54, 1.807) is 12.1 Å². The van der Waals surface area contributed by atoms with E-state index >= 15 is 0 Å². The fraction of sp³-hybridized carbons (Fsp3) is 0.318. The van der Waals surface area contributed by atoms with Crippen molar-refractivity contribution in [1.29, 1.82) is 0 Å². The van der Waals surface area contributed by atoms with E-state index in [4.69, 9.17) is 5.11 Å². The molecule has 3 aliphatic rings. The van der Waals surface area contributed by atoms with Crippen LogP contribution < -0.4 is 5.32 Å². The monoisotopic (exact) mass is 331 g/mol. The van der Waals surface area contributed by atoms with Gasteiger partial charge in [0.2, 0.25) is 0 Å². The number of rotatable bonds is 3. The van der Waals surface area contributed by atoms with Gasteiger partial charge < -0.3 is 10.4 Å². The van der Waals surface area contributed by atoms with Crippen LogP contribution in [0.3, 0.4) is 0 Å². The standard InChI is InChI=1S/C22H21NO2/c24-22(25)15-11-9-14(10-12-15)20-18-5-2-4-17(18)19-6-1-3-16(13-7-8-13)21(19)23-20/h1-4,6,9-13,17-18,20,23H,5,7-8H2,(H,24,25). The molecule has 0 amide bonds. The van der Waals surface area contributed by atoms with Crippen molar-refractivity contribution in [3.05, 3.63) is 76.9 Å². The number of carboxylic acids is 1. The number of nitrogens with one attached hydrogen (secondary N) is 1. The van der Waals surface area contributed by atoms with Crippen molar-refractivity contribution in [3.63, 3.8) is 0 Å². The van der Waals surface area contributed by atoms with Crippen LogP contribution >= 0.6 is 0 Å². The number of hydrogen-bond donors (Lipinski definition) is 2. The molecule has 0 bridgehead atoms. The molecule has 2 N–H and O–H groups in total. The topological polar surface area (TPSA) is 49.3 Å². The van der Waals surface area contributed by atoms with Gasteiger partial charge in [-0.25, -0.2) is 4.79 Å². The maximum atomic E-state index is 11.1. The second kappa shape index (κ2) is 5.48. The number of fused-ring (bicyclic) bond motifs is 3. The lowest BCUT2D eigenvalue weighted by molar-refractivity contribution is 0.0697. The first-order valence-corrected chi connectivity index (χ1v) is 9.11. The third-order valence-corrected chi connectivity index (χ3v) is 5.96. The van der Waals surface area contributed by atoms with Crippen LogP contribution in [-0.4, -0.2) is 11.1 Å². The first kappa shape index (κ1) is 14.8. The van der Waals surface area contributed by atoms with E-state index in [1.807, 2.05) is 12.1 Å². The van der Waals surface area contributed by atoms with E-state index in [9.17, 15) is 4.79 Å². The minimum Gasteiger partial charge on any atom is -0.478 e. The normalized spacial score (nSPS) is 26.6. The Morgan fingerprint density at radius 3 is 2.52 bits per heavy atom. The summed E-state index contributed by atoms with van der Waals surface area (Å²) < 4.78 is 0. The average Bonchev–Trinajstić information content (AvgIpc) is 3.36. The summed E-state index contributed by atoms with van der Waals surface area (Å²) in [7, 11) is 0. The molecule has 3 nitrogen and oxygen atoms in total. The van der Waals surface area contributed by atoms with Crippen LogP contribution in [0.2, 0.25) is 0 Å². The van der Waals surface area contributed by atoms with Gasteiger partial charge in [-0.3, -0.25) is 0 Å². The van der Waals surface area contributed by atoms with Gasteiger partial charge in [0.15, 0.2) is 0 Å². The number of hydrogen-bond acceptors (Lipinski definition) is 2. The summed E-state index contributed by atoms with van der Waals surface area (Å²) in [6.07, 6.45) is 8.31. The summed E-state index contributed by atoms with van der Waals surface area (Å²) >= 11 is 0. The third kappa shape index (κ3) is 2.38. The molecule has 1 saturated carbocycles. The molecule has 3 heteroatoms. The lowest BCUT2D eigenvalue weighted by Crippen LogP contribution is -2.29. The van der Waals surface area contributed by atoms with Crippen LogP contribution in [0.1, 0.15) is 64.2 Å². The molecule has 0 aromatic heterocycles. The fourth-order valence-corrected chi connectivity index (χ4v) is 4.54. The molecular formula is C22H21NO2. The van der Waals surface area contributed by atoms with Crippen LogP contribution in [0.25, 0.3) is 0 Å². The molecule has 2 aliphatic carbocycles. The number of benzene rings is 2. The van der Waals surface area contributed by atoms with Gasteiger partial charge >= 0.3 is 5.97 Å². The van der Waals surface area contributed by atoms with E-state index in [0.29, 0.717) is 23.3 Å². The van der Waals surface area contributed by atoms with Gasteiger partial charge in [0, 0.05) is 11.6 Å². The van der Waals surface area contributed by atoms with E-state index in [1.165, 1.54) is 35.2 Å². The van der Waals surface area contributed by atoms with Gasteiger partial charge in [-0.2, -0.15) is 0 Å². The predicted molar refractivity (Wildman–Crippen MR) is 98.2 cm³/mol. The predicted octanol–water partition coefficient (Wildman–Crippen LogP) is 5.09. The second-order valence-electron chi connectivity index (χ2n) is 7.49. The molecule has 1 fully saturated rings. The minimum atomic E-state index is -0.870. The van der Waals surface area contributed by atoms with E-state index < -0.39 is 5.97 Å². The van der Waals surface area contributed by atoms with E-state index in [2.05, 4.69) is 35.7 Å². The number of carbonyl (C=O) groups is 1. The first-order chi connectivity index (χ1) is 12.2. The van der Waals surface area contributed by atoms with Crippen molar-refractivity contribution in [1.82, 2.24) is 0 Å². The fourth-order valence-electron chi connectivity index (χ4n) is 4.54. The molecular weight excluding hydrogens is 310 g/mol. The Kier molecular flexibility index (Phi) is 3.24. The summed E-state index contributed by atoms with van der Waals surface area (Å²) in [6.45, 7) is 0. The molecule has 126 valence electrons. The molecule has 3 unspecified atom stereocenters. The second-order valence-corrected chi connectivity index (χ2v) is 7.49. The Balaban J connectivity index is 1.57. The Hall–Kier alpha value is -2.55. The molecule has 0 spiro atoms.